The summed E-state index contributed by atoms with van der Waals surface area (Å²) in [7, 11) is 0. The fraction of sp³-hybridized carbons (Fsp3) is 0.818. The Morgan fingerprint density at radius 1 is 1.19 bits per heavy atom. The lowest BCUT2D eigenvalue weighted by Crippen LogP contribution is -2.44. The maximum atomic E-state index is 12.3. The van der Waals surface area contributed by atoms with Gasteiger partial charge in [0.05, 0.1) is 6.10 Å². The zero-order valence-corrected chi connectivity index (χ0v) is 15.6. The number of rotatable bonds is 2. The molecule has 5 aliphatic rings. The highest BCUT2D eigenvalue weighted by atomic mass is 16.3. The summed E-state index contributed by atoms with van der Waals surface area (Å²) in [6, 6.07) is 0. The van der Waals surface area contributed by atoms with E-state index in [1.807, 2.05) is 0 Å². The summed E-state index contributed by atoms with van der Waals surface area (Å²) in [5.41, 5.74) is 1.12. The van der Waals surface area contributed by atoms with E-state index in [1.54, 1.807) is 6.08 Å². The molecule has 5 aliphatic carbocycles. The largest absolute Gasteiger partial charge is 0.389 e. The van der Waals surface area contributed by atoms with Crippen molar-refractivity contribution in [3.05, 3.63) is 11.6 Å². The van der Waals surface area contributed by atoms with Gasteiger partial charge < -0.3 is 10.2 Å². The van der Waals surface area contributed by atoms with Crippen LogP contribution in [0.2, 0.25) is 0 Å². The summed E-state index contributed by atoms with van der Waals surface area (Å²) in [5, 5.41) is 20.4. The van der Waals surface area contributed by atoms with Gasteiger partial charge in [-0.05, 0) is 91.1 Å². The molecule has 0 saturated heterocycles. The number of allylic oxidation sites excluding steroid dienone is 1. The van der Waals surface area contributed by atoms with Crippen LogP contribution in [-0.2, 0) is 9.59 Å². The third-order valence-electron chi connectivity index (χ3n) is 9.25. The maximum absolute atomic E-state index is 12.3. The van der Waals surface area contributed by atoms with Crippen LogP contribution in [0, 0.1) is 40.4 Å². The minimum atomic E-state index is -0.491. The normalized spacial score (nSPS) is 52.1. The molecule has 0 aliphatic heterocycles. The highest BCUT2D eigenvalue weighted by Gasteiger charge is 2.67. The van der Waals surface area contributed by atoms with Crippen LogP contribution in [0.3, 0.4) is 0 Å². The molecule has 4 nitrogen and oxygen atoms in total. The average molecular weight is 358 g/mol. The molecule has 142 valence electrons. The lowest BCUT2D eigenvalue weighted by atomic mass is 9.56. The van der Waals surface area contributed by atoms with Gasteiger partial charge >= 0.3 is 0 Å². The van der Waals surface area contributed by atoms with Gasteiger partial charge in [-0.15, -0.1) is 0 Å². The third kappa shape index (κ3) is 2.09. The molecule has 5 rings (SSSR count). The van der Waals surface area contributed by atoms with Crippen LogP contribution in [0.4, 0.5) is 0 Å². The van der Waals surface area contributed by atoms with Gasteiger partial charge in [-0.25, -0.2) is 0 Å². The average Bonchev–Trinajstić information content (AvgIpc) is 3.23. The SMILES string of the molecule is CC12CCC3C(C[C@@H](O)C4=CC(=O)CC[C@@]45CC35)C1CCC2C(=O)CO. The molecule has 2 N–H and O–H groups in total. The summed E-state index contributed by atoms with van der Waals surface area (Å²) >= 11 is 0. The minimum Gasteiger partial charge on any atom is -0.389 e. The van der Waals surface area contributed by atoms with Crippen LogP contribution in [0.15, 0.2) is 11.6 Å². The Morgan fingerprint density at radius 3 is 2.77 bits per heavy atom. The first-order chi connectivity index (χ1) is 12.4. The van der Waals surface area contributed by atoms with Crippen molar-refractivity contribution in [1.29, 1.82) is 0 Å². The summed E-state index contributed by atoms with van der Waals surface area (Å²) < 4.78 is 0. The van der Waals surface area contributed by atoms with Crippen molar-refractivity contribution in [1.82, 2.24) is 0 Å². The van der Waals surface area contributed by atoms with Crippen LogP contribution >= 0.6 is 0 Å². The first-order valence-electron chi connectivity index (χ1n) is 10.5. The summed E-state index contributed by atoms with van der Waals surface area (Å²) in [6.45, 7) is 1.92. The number of carbonyl (C=O) groups is 2. The van der Waals surface area contributed by atoms with Crippen LogP contribution < -0.4 is 0 Å². The lowest BCUT2D eigenvalue weighted by Gasteiger charge is -2.49. The highest BCUT2D eigenvalue weighted by molar-refractivity contribution is 5.92. The first kappa shape index (κ1) is 17.1. The molecular formula is C22H30O4. The first-order valence-corrected chi connectivity index (χ1v) is 10.5. The number of carbonyl (C=O) groups excluding carboxylic acids is 2. The van der Waals surface area contributed by atoms with Crippen molar-refractivity contribution in [2.45, 2.75) is 64.4 Å². The van der Waals surface area contributed by atoms with E-state index in [2.05, 4.69) is 6.92 Å². The molecule has 0 radical (unpaired) electrons. The molecule has 0 heterocycles. The van der Waals surface area contributed by atoms with Gasteiger partial charge in [0.2, 0.25) is 0 Å². The van der Waals surface area contributed by atoms with Gasteiger partial charge in [0.1, 0.15) is 6.61 Å². The Bertz CT molecular complexity index is 696. The molecule has 8 atom stereocenters. The molecule has 26 heavy (non-hydrogen) atoms. The second-order valence-corrected chi connectivity index (χ2v) is 10.0. The third-order valence-corrected chi connectivity index (χ3v) is 9.25. The Hall–Kier alpha value is -1.00. The zero-order valence-electron chi connectivity index (χ0n) is 15.6. The molecule has 0 aromatic rings. The minimum absolute atomic E-state index is 0.00693. The van der Waals surface area contributed by atoms with Gasteiger partial charge in [-0.3, -0.25) is 9.59 Å². The van der Waals surface area contributed by atoms with E-state index in [0.29, 0.717) is 30.1 Å². The predicted molar refractivity (Wildman–Crippen MR) is 96.1 cm³/mol. The Morgan fingerprint density at radius 2 is 2.00 bits per heavy atom. The molecule has 0 bridgehead atoms. The van der Waals surface area contributed by atoms with Crippen LogP contribution in [0.5, 0.6) is 0 Å². The molecule has 4 heteroatoms. The van der Waals surface area contributed by atoms with Gasteiger partial charge in [-0.2, -0.15) is 0 Å². The molecule has 4 saturated carbocycles. The highest BCUT2D eigenvalue weighted by Crippen LogP contribution is 2.73. The van der Waals surface area contributed by atoms with Crippen molar-refractivity contribution >= 4 is 11.6 Å². The van der Waals surface area contributed by atoms with E-state index >= 15 is 0 Å². The van der Waals surface area contributed by atoms with E-state index < -0.39 is 6.10 Å². The van der Waals surface area contributed by atoms with E-state index in [-0.39, 0.29) is 34.9 Å². The van der Waals surface area contributed by atoms with Gasteiger partial charge in [0, 0.05) is 12.3 Å². The molecule has 0 amide bonds. The van der Waals surface area contributed by atoms with Crippen molar-refractivity contribution in [2.24, 2.45) is 40.4 Å². The topological polar surface area (TPSA) is 74.6 Å². The number of aliphatic hydroxyl groups excluding tert-OH is 2. The smallest absolute Gasteiger partial charge is 0.161 e. The molecule has 6 unspecified atom stereocenters. The Kier molecular flexibility index (Phi) is 3.63. The summed E-state index contributed by atoms with van der Waals surface area (Å²) in [6.07, 6.45) is 8.87. The van der Waals surface area contributed by atoms with Crippen molar-refractivity contribution < 1.29 is 19.8 Å². The summed E-state index contributed by atoms with van der Waals surface area (Å²) in [4.78, 5) is 24.3. The number of ketones is 2. The Labute approximate surface area is 155 Å². The van der Waals surface area contributed by atoms with E-state index in [4.69, 9.17) is 0 Å². The molecule has 0 aromatic carbocycles. The number of hydrogen-bond donors (Lipinski definition) is 2. The standard InChI is InChI=1S/C22H30O4/c1-21-6-5-13-14(15(21)2-3-16(21)20(26)11-23)9-19(25)17-8-12(24)4-7-22(17)10-18(13)22/h8,13-16,18-19,23,25H,2-7,9-11H2,1H3/t13?,14?,15?,16?,18?,19-,21?,22-/m1/s1. The van der Waals surface area contributed by atoms with Crippen molar-refractivity contribution in [2.75, 3.05) is 6.61 Å². The van der Waals surface area contributed by atoms with Gasteiger partial charge in [-0.1, -0.05) is 6.92 Å². The second kappa shape index (κ2) is 5.51. The fourth-order valence-electron chi connectivity index (χ4n) is 8.00. The van der Waals surface area contributed by atoms with E-state index in [9.17, 15) is 19.8 Å². The monoisotopic (exact) mass is 358 g/mol. The van der Waals surface area contributed by atoms with Crippen LogP contribution in [-0.4, -0.2) is 34.5 Å². The van der Waals surface area contributed by atoms with E-state index in [1.165, 1.54) is 0 Å². The van der Waals surface area contributed by atoms with Crippen LogP contribution in [0.1, 0.15) is 58.3 Å². The number of aliphatic hydroxyl groups is 2. The maximum Gasteiger partial charge on any atom is 0.161 e. The molecule has 4 fully saturated rings. The zero-order chi connectivity index (χ0) is 18.3. The predicted octanol–water partition coefficient (Wildman–Crippen LogP) is 2.67. The molecular weight excluding hydrogens is 328 g/mol. The molecule has 1 spiro atoms. The fourth-order valence-corrected chi connectivity index (χ4v) is 8.00. The second-order valence-electron chi connectivity index (χ2n) is 10.0. The van der Waals surface area contributed by atoms with Gasteiger partial charge in [0.15, 0.2) is 11.6 Å². The van der Waals surface area contributed by atoms with Crippen molar-refractivity contribution in [3.63, 3.8) is 0 Å². The van der Waals surface area contributed by atoms with E-state index in [0.717, 1.165) is 50.5 Å². The van der Waals surface area contributed by atoms with Crippen molar-refractivity contribution in [3.8, 4) is 0 Å². The quantitative estimate of drug-likeness (QED) is 0.796. The number of fused-ring (bicyclic) bond motifs is 4. The Balaban J connectivity index is 1.49. The van der Waals surface area contributed by atoms with Gasteiger partial charge in [0.25, 0.3) is 0 Å². The summed E-state index contributed by atoms with van der Waals surface area (Å²) in [5.74, 6) is 2.34. The number of hydrogen-bond acceptors (Lipinski definition) is 4. The lowest BCUT2D eigenvalue weighted by molar-refractivity contribution is -0.131. The number of Topliss-reactive ketones (excluding diaryl/α,β-unsaturated/α-hetero) is 1. The molecule has 0 aromatic heterocycles. The van der Waals surface area contributed by atoms with Crippen LogP contribution in [0.25, 0.3) is 0 Å².